The number of rotatable bonds is 8. The molecule has 9 nitrogen and oxygen atoms in total. The van der Waals surface area contributed by atoms with Gasteiger partial charge in [-0.15, -0.1) is 0 Å². The SMILES string of the molecule is COc1ccc(-c2ccc(Oc3ccc(-c4ccc(OC)cc4[N+](=O)[O-])cc3)cc2)c([N+](=O)[O-])c1. The van der Waals surface area contributed by atoms with E-state index in [0.29, 0.717) is 45.3 Å². The standard InChI is InChI=1S/C26H20N2O7/c1-33-21-11-13-23(25(15-21)27(29)30)17-3-7-19(8-4-17)35-20-9-5-18(6-10-20)24-14-12-22(34-2)16-26(24)28(31)32/h3-16H,1-2H3. The van der Waals surface area contributed by atoms with Crippen molar-refractivity contribution in [1.82, 2.24) is 0 Å². The third-order valence-electron chi connectivity index (χ3n) is 5.37. The number of methoxy groups -OCH3 is 2. The molecular formula is C26H20N2O7. The Kier molecular flexibility index (Phi) is 6.59. The normalized spacial score (nSPS) is 10.5. The van der Waals surface area contributed by atoms with Crippen molar-refractivity contribution in [3.63, 3.8) is 0 Å². The molecule has 176 valence electrons. The Morgan fingerprint density at radius 1 is 0.543 bits per heavy atom. The number of hydrogen-bond donors (Lipinski definition) is 0. The Morgan fingerprint density at radius 3 is 1.20 bits per heavy atom. The van der Waals surface area contributed by atoms with Gasteiger partial charge in [-0.3, -0.25) is 20.2 Å². The first kappa shape index (κ1) is 23.2. The lowest BCUT2D eigenvalue weighted by Gasteiger charge is -2.10. The molecule has 9 heteroatoms. The fourth-order valence-corrected chi connectivity index (χ4v) is 3.61. The van der Waals surface area contributed by atoms with E-state index in [1.54, 1.807) is 72.8 Å². The zero-order chi connectivity index (χ0) is 24.9. The molecule has 0 saturated heterocycles. The van der Waals surface area contributed by atoms with Crippen LogP contribution in [0.1, 0.15) is 0 Å². The van der Waals surface area contributed by atoms with Gasteiger partial charge in [-0.1, -0.05) is 24.3 Å². The average molecular weight is 472 g/mol. The first-order valence-electron chi connectivity index (χ1n) is 10.4. The van der Waals surface area contributed by atoms with E-state index in [2.05, 4.69) is 0 Å². The molecule has 0 aromatic heterocycles. The largest absolute Gasteiger partial charge is 0.497 e. The summed E-state index contributed by atoms with van der Waals surface area (Å²) in [6.07, 6.45) is 0. The molecule has 0 N–H and O–H groups in total. The number of benzene rings is 4. The highest BCUT2D eigenvalue weighted by atomic mass is 16.6. The van der Waals surface area contributed by atoms with Crippen molar-refractivity contribution in [3.05, 3.63) is 105 Å². The Bertz CT molecular complexity index is 1280. The van der Waals surface area contributed by atoms with Crippen molar-refractivity contribution in [2.45, 2.75) is 0 Å². The smallest absolute Gasteiger partial charge is 0.280 e. The van der Waals surface area contributed by atoms with Crippen LogP contribution in [0.5, 0.6) is 23.0 Å². The maximum Gasteiger partial charge on any atom is 0.280 e. The van der Waals surface area contributed by atoms with Gasteiger partial charge in [0.05, 0.1) is 47.3 Å². The van der Waals surface area contributed by atoms with Gasteiger partial charge < -0.3 is 14.2 Å². The Labute approximate surface area is 200 Å². The molecule has 4 aromatic rings. The summed E-state index contributed by atoms with van der Waals surface area (Å²) in [7, 11) is 2.91. The molecule has 4 rings (SSSR count). The highest BCUT2D eigenvalue weighted by Gasteiger charge is 2.18. The van der Waals surface area contributed by atoms with Crippen molar-refractivity contribution in [2.75, 3.05) is 14.2 Å². The highest BCUT2D eigenvalue weighted by molar-refractivity contribution is 5.76. The summed E-state index contributed by atoms with van der Waals surface area (Å²) in [6.45, 7) is 0. The van der Waals surface area contributed by atoms with Crippen LogP contribution >= 0.6 is 0 Å². The third-order valence-corrected chi connectivity index (χ3v) is 5.37. The number of nitro groups is 2. The van der Waals surface area contributed by atoms with Gasteiger partial charge in [-0.25, -0.2) is 0 Å². The van der Waals surface area contributed by atoms with Crippen molar-refractivity contribution in [2.24, 2.45) is 0 Å². The Morgan fingerprint density at radius 2 is 0.886 bits per heavy atom. The number of nitrogens with zero attached hydrogens (tertiary/aromatic N) is 2. The van der Waals surface area contributed by atoms with E-state index < -0.39 is 9.85 Å². The minimum atomic E-state index is -0.447. The number of nitro benzene ring substituents is 2. The summed E-state index contributed by atoms with van der Waals surface area (Å²) in [5.41, 5.74) is 2.14. The van der Waals surface area contributed by atoms with Crippen LogP contribution in [0.25, 0.3) is 22.3 Å². The van der Waals surface area contributed by atoms with Gasteiger partial charge in [0, 0.05) is 0 Å². The molecule has 0 bridgehead atoms. The number of hydrogen-bond acceptors (Lipinski definition) is 7. The fraction of sp³-hybridized carbons (Fsp3) is 0.0769. The van der Waals surface area contributed by atoms with Crippen molar-refractivity contribution >= 4 is 11.4 Å². The lowest BCUT2D eigenvalue weighted by atomic mass is 10.0. The van der Waals surface area contributed by atoms with Gasteiger partial charge in [-0.2, -0.15) is 0 Å². The van der Waals surface area contributed by atoms with Crippen LogP contribution in [0.15, 0.2) is 84.9 Å². The molecule has 0 spiro atoms. The van der Waals surface area contributed by atoms with Crippen LogP contribution in [0, 0.1) is 20.2 Å². The van der Waals surface area contributed by atoms with E-state index >= 15 is 0 Å². The molecule has 0 saturated carbocycles. The summed E-state index contributed by atoms with van der Waals surface area (Å²) in [6, 6.07) is 23.2. The van der Waals surface area contributed by atoms with Crippen LogP contribution in [-0.4, -0.2) is 24.1 Å². The quantitative estimate of drug-likeness (QED) is 0.208. The Balaban J connectivity index is 1.54. The molecular weight excluding hydrogens is 452 g/mol. The molecule has 0 atom stereocenters. The lowest BCUT2D eigenvalue weighted by Crippen LogP contribution is -1.94. The van der Waals surface area contributed by atoms with Gasteiger partial charge in [0.1, 0.15) is 23.0 Å². The van der Waals surface area contributed by atoms with Gasteiger partial charge in [0.2, 0.25) is 0 Å². The molecule has 0 heterocycles. The van der Waals surface area contributed by atoms with Gasteiger partial charge in [0.15, 0.2) is 0 Å². The summed E-state index contributed by atoms with van der Waals surface area (Å²) in [5, 5.41) is 22.9. The Hall–Kier alpha value is -4.92. The molecule has 0 amide bonds. The minimum absolute atomic E-state index is 0.0544. The molecule has 4 aromatic carbocycles. The minimum Gasteiger partial charge on any atom is -0.497 e. The number of ether oxygens (including phenoxy) is 3. The maximum atomic E-state index is 11.5. The van der Waals surface area contributed by atoms with Crippen LogP contribution in [0.2, 0.25) is 0 Å². The molecule has 0 fully saturated rings. The van der Waals surface area contributed by atoms with Gasteiger partial charge in [0.25, 0.3) is 11.4 Å². The summed E-state index contributed by atoms with van der Waals surface area (Å²) in [5.74, 6) is 1.88. The van der Waals surface area contributed by atoms with Crippen molar-refractivity contribution < 1.29 is 24.1 Å². The zero-order valence-electron chi connectivity index (χ0n) is 18.8. The second kappa shape index (κ2) is 9.92. The molecule has 35 heavy (non-hydrogen) atoms. The first-order chi connectivity index (χ1) is 16.9. The summed E-state index contributed by atoms with van der Waals surface area (Å²) >= 11 is 0. The molecule has 0 aliphatic rings. The fourth-order valence-electron chi connectivity index (χ4n) is 3.61. The first-order valence-corrected chi connectivity index (χ1v) is 10.4. The van der Waals surface area contributed by atoms with Crippen LogP contribution in [0.3, 0.4) is 0 Å². The predicted octanol–water partition coefficient (Wildman–Crippen LogP) is 6.65. The topological polar surface area (TPSA) is 114 Å². The van der Waals surface area contributed by atoms with E-state index in [1.807, 2.05) is 0 Å². The third kappa shape index (κ3) is 5.03. The van der Waals surface area contributed by atoms with E-state index in [9.17, 15) is 20.2 Å². The van der Waals surface area contributed by atoms with E-state index in [0.717, 1.165) is 0 Å². The van der Waals surface area contributed by atoms with Crippen molar-refractivity contribution in [3.8, 4) is 45.3 Å². The van der Waals surface area contributed by atoms with E-state index in [1.165, 1.54) is 26.4 Å². The van der Waals surface area contributed by atoms with Crippen LogP contribution < -0.4 is 14.2 Å². The maximum absolute atomic E-state index is 11.5. The summed E-state index contributed by atoms with van der Waals surface area (Å²) in [4.78, 5) is 22.1. The highest BCUT2D eigenvalue weighted by Crippen LogP contribution is 2.36. The molecule has 0 aliphatic heterocycles. The van der Waals surface area contributed by atoms with Crippen LogP contribution in [0.4, 0.5) is 11.4 Å². The zero-order valence-corrected chi connectivity index (χ0v) is 18.8. The second-order valence-corrected chi connectivity index (χ2v) is 7.43. The summed E-state index contributed by atoms with van der Waals surface area (Å²) < 4.78 is 16.0. The average Bonchev–Trinajstić information content (AvgIpc) is 2.89. The van der Waals surface area contributed by atoms with Crippen LogP contribution in [-0.2, 0) is 0 Å². The molecule has 0 radical (unpaired) electrons. The monoisotopic (exact) mass is 472 g/mol. The van der Waals surface area contributed by atoms with Crippen molar-refractivity contribution in [1.29, 1.82) is 0 Å². The van der Waals surface area contributed by atoms with Gasteiger partial charge in [-0.05, 0) is 59.7 Å². The van der Waals surface area contributed by atoms with E-state index in [4.69, 9.17) is 14.2 Å². The van der Waals surface area contributed by atoms with Gasteiger partial charge >= 0.3 is 0 Å². The second-order valence-electron chi connectivity index (χ2n) is 7.43. The van der Waals surface area contributed by atoms with E-state index in [-0.39, 0.29) is 11.4 Å². The predicted molar refractivity (Wildman–Crippen MR) is 130 cm³/mol. The lowest BCUT2D eigenvalue weighted by molar-refractivity contribution is -0.384. The molecule has 0 unspecified atom stereocenters. The molecule has 0 aliphatic carbocycles.